The third-order valence-electron chi connectivity index (χ3n) is 4.19. The zero-order valence-electron chi connectivity index (χ0n) is 15.9. The summed E-state index contributed by atoms with van der Waals surface area (Å²) >= 11 is 0. The predicted octanol–water partition coefficient (Wildman–Crippen LogP) is 5.36. The topological polar surface area (TPSA) is 47.6 Å². The van der Waals surface area contributed by atoms with Crippen LogP contribution in [0.5, 0.6) is 11.5 Å². The standard InChI is InChI=1S/C23H22FNO3/c1-3-27-22-13-18(23(26)25-20-14-19(24)11-9-16(20)2)10-12-21(22)28-15-17-7-5-4-6-8-17/h4-14H,3,15H2,1-2H3,(H,25,26). The Morgan fingerprint density at radius 3 is 2.50 bits per heavy atom. The molecule has 0 bridgehead atoms. The number of carbonyl (C=O) groups is 1. The summed E-state index contributed by atoms with van der Waals surface area (Å²) < 4.78 is 25.0. The van der Waals surface area contributed by atoms with Crippen molar-refractivity contribution in [3.05, 3.63) is 89.2 Å². The molecule has 0 fully saturated rings. The highest BCUT2D eigenvalue weighted by molar-refractivity contribution is 6.05. The van der Waals surface area contributed by atoms with E-state index in [0.29, 0.717) is 36.0 Å². The van der Waals surface area contributed by atoms with Crippen LogP contribution in [0.4, 0.5) is 10.1 Å². The van der Waals surface area contributed by atoms with Gasteiger partial charge in [-0.15, -0.1) is 0 Å². The van der Waals surface area contributed by atoms with E-state index in [1.165, 1.54) is 12.1 Å². The van der Waals surface area contributed by atoms with Crippen molar-refractivity contribution in [3.8, 4) is 11.5 Å². The van der Waals surface area contributed by atoms with Gasteiger partial charge in [-0.1, -0.05) is 36.4 Å². The molecule has 0 aliphatic carbocycles. The van der Waals surface area contributed by atoms with Crippen LogP contribution in [0, 0.1) is 12.7 Å². The van der Waals surface area contributed by atoms with Crippen LogP contribution in [-0.2, 0) is 6.61 Å². The van der Waals surface area contributed by atoms with Gasteiger partial charge in [-0.05, 0) is 55.3 Å². The molecule has 28 heavy (non-hydrogen) atoms. The van der Waals surface area contributed by atoms with E-state index < -0.39 is 5.82 Å². The molecule has 0 aliphatic rings. The lowest BCUT2D eigenvalue weighted by molar-refractivity contribution is 0.102. The molecule has 0 spiro atoms. The van der Waals surface area contributed by atoms with Crippen LogP contribution in [0.2, 0.25) is 0 Å². The first-order valence-corrected chi connectivity index (χ1v) is 9.08. The van der Waals surface area contributed by atoms with Crippen molar-refractivity contribution in [1.29, 1.82) is 0 Å². The number of anilines is 1. The van der Waals surface area contributed by atoms with Gasteiger partial charge in [-0.2, -0.15) is 0 Å². The molecule has 144 valence electrons. The lowest BCUT2D eigenvalue weighted by Gasteiger charge is -2.14. The Hall–Kier alpha value is -3.34. The van der Waals surface area contributed by atoms with Crippen LogP contribution in [0.15, 0.2) is 66.7 Å². The number of nitrogens with one attached hydrogen (secondary N) is 1. The zero-order valence-corrected chi connectivity index (χ0v) is 15.9. The van der Waals surface area contributed by atoms with E-state index in [1.54, 1.807) is 31.2 Å². The van der Waals surface area contributed by atoms with Crippen molar-refractivity contribution >= 4 is 11.6 Å². The molecule has 1 amide bonds. The Kier molecular flexibility index (Phi) is 6.27. The third kappa shape index (κ3) is 4.88. The summed E-state index contributed by atoms with van der Waals surface area (Å²) in [6, 6.07) is 19.1. The van der Waals surface area contributed by atoms with E-state index in [0.717, 1.165) is 11.1 Å². The smallest absolute Gasteiger partial charge is 0.255 e. The summed E-state index contributed by atoms with van der Waals surface area (Å²) in [7, 11) is 0. The number of benzene rings is 3. The van der Waals surface area contributed by atoms with E-state index in [-0.39, 0.29) is 5.91 Å². The molecule has 0 heterocycles. The Labute approximate surface area is 163 Å². The average Bonchev–Trinajstić information content (AvgIpc) is 2.70. The summed E-state index contributed by atoms with van der Waals surface area (Å²) in [4.78, 5) is 12.6. The van der Waals surface area contributed by atoms with Crippen molar-refractivity contribution < 1.29 is 18.7 Å². The summed E-state index contributed by atoms with van der Waals surface area (Å²) in [5.41, 5.74) is 2.66. The fourth-order valence-electron chi connectivity index (χ4n) is 2.70. The molecular weight excluding hydrogens is 357 g/mol. The summed E-state index contributed by atoms with van der Waals surface area (Å²) in [6.45, 7) is 4.51. The second-order valence-corrected chi connectivity index (χ2v) is 6.28. The first-order chi connectivity index (χ1) is 13.6. The molecule has 3 aromatic carbocycles. The van der Waals surface area contributed by atoms with Crippen molar-refractivity contribution in [2.45, 2.75) is 20.5 Å². The highest BCUT2D eigenvalue weighted by atomic mass is 19.1. The Morgan fingerprint density at radius 2 is 1.75 bits per heavy atom. The molecule has 0 atom stereocenters. The summed E-state index contributed by atoms with van der Waals surface area (Å²) in [6.07, 6.45) is 0. The predicted molar refractivity (Wildman–Crippen MR) is 107 cm³/mol. The number of amides is 1. The summed E-state index contributed by atoms with van der Waals surface area (Å²) in [5.74, 6) is 0.302. The monoisotopic (exact) mass is 379 g/mol. The second-order valence-electron chi connectivity index (χ2n) is 6.28. The van der Waals surface area contributed by atoms with Crippen molar-refractivity contribution in [2.24, 2.45) is 0 Å². The maximum Gasteiger partial charge on any atom is 0.255 e. The number of rotatable bonds is 7. The number of ether oxygens (including phenoxy) is 2. The molecule has 0 saturated carbocycles. The molecule has 0 aromatic heterocycles. The number of carbonyl (C=O) groups excluding carboxylic acids is 1. The maximum absolute atomic E-state index is 13.5. The van der Waals surface area contributed by atoms with Gasteiger partial charge in [-0.25, -0.2) is 4.39 Å². The first-order valence-electron chi connectivity index (χ1n) is 9.08. The highest BCUT2D eigenvalue weighted by Crippen LogP contribution is 2.30. The Balaban J connectivity index is 1.77. The lowest BCUT2D eigenvalue weighted by atomic mass is 10.1. The van der Waals surface area contributed by atoms with Gasteiger partial charge in [-0.3, -0.25) is 4.79 Å². The van der Waals surface area contributed by atoms with Gasteiger partial charge in [0, 0.05) is 11.3 Å². The van der Waals surface area contributed by atoms with E-state index in [2.05, 4.69) is 5.32 Å². The van der Waals surface area contributed by atoms with E-state index in [9.17, 15) is 9.18 Å². The van der Waals surface area contributed by atoms with Gasteiger partial charge in [0.1, 0.15) is 12.4 Å². The molecule has 3 rings (SSSR count). The summed E-state index contributed by atoms with van der Waals surface area (Å²) in [5, 5.41) is 2.74. The van der Waals surface area contributed by atoms with Crippen molar-refractivity contribution in [2.75, 3.05) is 11.9 Å². The molecule has 1 N–H and O–H groups in total. The minimum absolute atomic E-state index is 0.343. The number of hydrogen-bond acceptors (Lipinski definition) is 3. The Morgan fingerprint density at radius 1 is 0.964 bits per heavy atom. The van der Waals surface area contributed by atoms with Crippen LogP contribution < -0.4 is 14.8 Å². The molecule has 0 radical (unpaired) electrons. The van der Waals surface area contributed by atoms with Crippen LogP contribution in [0.3, 0.4) is 0 Å². The van der Waals surface area contributed by atoms with E-state index in [4.69, 9.17) is 9.47 Å². The van der Waals surface area contributed by atoms with Crippen molar-refractivity contribution in [1.82, 2.24) is 0 Å². The molecule has 3 aromatic rings. The Bertz CT molecular complexity index is 957. The lowest BCUT2D eigenvalue weighted by Crippen LogP contribution is -2.13. The molecule has 0 unspecified atom stereocenters. The molecular formula is C23H22FNO3. The average molecular weight is 379 g/mol. The van der Waals surface area contributed by atoms with Gasteiger partial charge in [0.2, 0.25) is 0 Å². The largest absolute Gasteiger partial charge is 0.490 e. The number of hydrogen-bond donors (Lipinski definition) is 1. The SMILES string of the molecule is CCOc1cc(C(=O)Nc2cc(F)ccc2C)ccc1OCc1ccccc1. The minimum atomic E-state index is -0.402. The van der Waals surface area contributed by atoms with Gasteiger partial charge in [0.25, 0.3) is 5.91 Å². The van der Waals surface area contributed by atoms with Gasteiger partial charge in [0.15, 0.2) is 11.5 Å². The molecule has 4 nitrogen and oxygen atoms in total. The highest BCUT2D eigenvalue weighted by Gasteiger charge is 2.13. The van der Waals surface area contributed by atoms with Crippen LogP contribution in [0.25, 0.3) is 0 Å². The normalized spacial score (nSPS) is 10.4. The van der Waals surface area contributed by atoms with E-state index >= 15 is 0 Å². The fraction of sp³-hybridized carbons (Fsp3) is 0.174. The molecule has 0 aliphatic heterocycles. The first kappa shape index (κ1) is 19.4. The fourth-order valence-corrected chi connectivity index (χ4v) is 2.70. The van der Waals surface area contributed by atoms with Crippen LogP contribution in [0.1, 0.15) is 28.4 Å². The van der Waals surface area contributed by atoms with Gasteiger partial charge in [0.05, 0.1) is 6.61 Å². The molecule has 0 saturated heterocycles. The molecule has 5 heteroatoms. The minimum Gasteiger partial charge on any atom is -0.490 e. The van der Waals surface area contributed by atoms with E-state index in [1.807, 2.05) is 37.3 Å². The van der Waals surface area contributed by atoms with Crippen LogP contribution >= 0.6 is 0 Å². The van der Waals surface area contributed by atoms with Crippen LogP contribution in [-0.4, -0.2) is 12.5 Å². The van der Waals surface area contributed by atoms with Crippen molar-refractivity contribution in [3.63, 3.8) is 0 Å². The number of aryl methyl sites for hydroxylation is 1. The number of halogens is 1. The third-order valence-corrected chi connectivity index (χ3v) is 4.19. The van der Waals surface area contributed by atoms with Gasteiger partial charge < -0.3 is 14.8 Å². The zero-order chi connectivity index (χ0) is 19.9. The quantitative estimate of drug-likeness (QED) is 0.601. The van der Waals surface area contributed by atoms with Gasteiger partial charge >= 0.3 is 0 Å². The maximum atomic E-state index is 13.5. The second kappa shape index (κ2) is 9.04.